The number of benzene rings is 2. The standard InChI is InChI=1S/C16H15F2N/c1-9-3-4-10(2)16-13(9)8-15(19-16)12-6-5-11(17)7-14(12)18/h3-7,15,19H,8H2,1-2H3. The van der Waals surface area contributed by atoms with Gasteiger partial charge < -0.3 is 5.32 Å². The lowest BCUT2D eigenvalue weighted by Crippen LogP contribution is -2.08. The Balaban J connectivity index is 2.00. The molecule has 0 spiro atoms. The van der Waals surface area contributed by atoms with Crippen molar-refractivity contribution in [3.05, 3.63) is 64.2 Å². The smallest absolute Gasteiger partial charge is 0.131 e. The van der Waals surface area contributed by atoms with E-state index >= 15 is 0 Å². The van der Waals surface area contributed by atoms with Crippen molar-refractivity contribution < 1.29 is 8.78 Å². The van der Waals surface area contributed by atoms with Gasteiger partial charge in [0.05, 0.1) is 6.04 Å². The number of hydrogen-bond donors (Lipinski definition) is 1. The average molecular weight is 259 g/mol. The maximum atomic E-state index is 13.8. The van der Waals surface area contributed by atoms with Gasteiger partial charge in [0.2, 0.25) is 0 Å². The molecule has 3 heteroatoms. The van der Waals surface area contributed by atoms with Crippen LogP contribution in [0.5, 0.6) is 0 Å². The predicted molar refractivity (Wildman–Crippen MR) is 72.3 cm³/mol. The van der Waals surface area contributed by atoms with Crippen molar-refractivity contribution in [3.63, 3.8) is 0 Å². The van der Waals surface area contributed by atoms with Crippen LogP contribution in [0.1, 0.15) is 28.3 Å². The maximum absolute atomic E-state index is 13.8. The predicted octanol–water partition coefficient (Wildman–Crippen LogP) is 4.29. The molecule has 0 aromatic heterocycles. The highest BCUT2D eigenvalue weighted by Gasteiger charge is 2.26. The molecule has 0 fully saturated rings. The van der Waals surface area contributed by atoms with Crippen LogP contribution < -0.4 is 5.32 Å². The molecular weight excluding hydrogens is 244 g/mol. The fourth-order valence-corrected chi connectivity index (χ4v) is 2.73. The molecule has 1 N–H and O–H groups in total. The van der Waals surface area contributed by atoms with Crippen LogP contribution in [0.2, 0.25) is 0 Å². The summed E-state index contributed by atoms with van der Waals surface area (Å²) < 4.78 is 26.8. The summed E-state index contributed by atoms with van der Waals surface area (Å²) in [4.78, 5) is 0. The average Bonchev–Trinajstić information content (AvgIpc) is 2.80. The molecule has 2 aromatic carbocycles. The lowest BCUT2D eigenvalue weighted by molar-refractivity contribution is 0.563. The first-order valence-corrected chi connectivity index (χ1v) is 6.37. The van der Waals surface area contributed by atoms with Gasteiger partial charge in [0.15, 0.2) is 0 Å². The number of nitrogens with one attached hydrogen (secondary N) is 1. The van der Waals surface area contributed by atoms with Crippen LogP contribution in [-0.2, 0) is 6.42 Å². The Bertz CT molecular complexity index is 618. The molecule has 0 radical (unpaired) electrons. The van der Waals surface area contributed by atoms with Crippen LogP contribution in [0, 0.1) is 25.5 Å². The summed E-state index contributed by atoms with van der Waals surface area (Å²) in [6.07, 6.45) is 0.741. The number of rotatable bonds is 1. The molecule has 1 heterocycles. The number of hydrogen-bond acceptors (Lipinski definition) is 1. The first-order valence-electron chi connectivity index (χ1n) is 6.37. The van der Waals surface area contributed by atoms with Crippen LogP contribution in [-0.4, -0.2) is 0 Å². The van der Waals surface area contributed by atoms with Gasteiger partial charge in [-0.1, -0.05) is 18.2 Å². The molecule has 1 aliphatic rings. The summed E-state index contributed by atoms with van der Waals surface area (Å²) in [5.74, 6) is -1.02. The summed E-state index contributed by atoms with van der Waals surface area (Å²) in [5, 5.41) is 3.36. The molecule has 1 aliphatic heterocycles. The molecule has 1 nitrogen and oxygen atoms in total. The number of halogens is 2. The lowest BCUT2D eigenvalue weighted by atomic mass is 9.98. The van der Waals surface area contributed by atoms with Gasteiger partial charge in [0.1, 0.15) is 11.6 Å². The molecular formula is C16H15F2N. The third kappa shape index (κ3) is 1.99. The van der Waals surface area contributed by atoms with Crippen molar-refractivity contribution in [2.24, 2.45) is 0 Å². The van der Waals surface area contributed by atoms with Crippen molar-refractivity contribution in [1.82, 2.24) is 0 Å². The van der Waals surface area contributed by atoms with E-state index in [9.17, 15) is 8.78 Å². The van der Waals surface area contributed by atoms with E-state index in [-0.39, 0.29) is 6.04 Å². The molecule has 1 atom stereocenters. The summed E-state index contributed by atoms with van der Waals surface area (Å²) in [7, 11) is 0. The van der Waals surface area contributed by atoms with Crippen LogP contribution in [0.3, 0.4) is 0 Å². The first-order chi connectivity index (χ1) is 9.06. The van der Waals surface area contributed by atoms with Crippen LogP contribution in [0.25, 0.3) is 0 Å². The highest BCUT2D eigenvalue weighted by molar-refractivity contribution is 5.65. The molecule has 0 bridgehead atoms. The second-order valence-electron chi connectivity index (χ2n) is 5.12. The van der Waals surface area contributed by atoms with Crippen LogP contribution in [0.15, 0.2) is 30.3 Å². The van der Waals surface area contributed by atoms with Crippen LogP contribution >= 0.6 is 0 Å². The fraction of sp³-hybridized carbons (Fsp3) is 0.250. The Morgan fingerprint density at radius 2 is 1.79 bits per heavy atom. The molecule has 19 heavy (non-hydrogen) atoms. The highest BCUT2D eigenvalue weighted by atomic mass is 19.1. The molecule has 2 aromatic rings. The SMILES string of the molecule is Cc1ccc(C)c2c1CC(c1ccc(F)cc1F)N2. The van der Waals surface area contributed by atoms with Crippen molar-refractivity contribution in [3.8, 4) is 0 Å². The topological polar surface area (TPSA) is 12.0 Å². The Morgan fingerprint density at radius 1 is 1.05 bits per heavy atom. The zero-order valence-electron chi connectivity index (χ0n) is 10.9. The van der Waals surface area contributed by atoms with Crippen LogP contribution in [0.4, 0.5) is 14.5 Å². The molecule has 1 unspecified atom stereocenters. The van der Waals surface area contributed by atoms with Gasteiger partial charge in [-0.05, 0) is 43.0 Å². The molecule has 98 valence electrons. The van der Waals surface area contributed by atoms with Crippen molar-refractivity contribution in [2.45, 2.75) is 26.3 Å². The van der Waals surface area contributed by atoms with E-state index in [4.69, 9.17) is 0 Å². The second kappa shape index (κ2) is 4.34. The van der Waals surface area contributed by atoms with Gasteiger partial charge in [-0.25, -0.2) is 8.78 Å². The van der Waals surface area contributed by atoms with Crippen molar-refractivity contribution >= 4 is 5.69 Å². The number of fused-ring (bicyclic) bond motifs is 1. The Kier molecular flexibility index (Phi) is 2.77. The lowest BCUT2D eigenvalue weighted by Gasteiger charge is -2.13. The van der Waals surface area contributed by atoms with Gasteiger partial charge >= 0.3 is 0 Å². The summed E-state index contributed by atoms with van der Waals surface area (Å²) in [6, 6.07) is 7.81. The van der Waals surface area contributed by atoms with E-state index in [1.807, 2.05) is 6.92 Å². The zero-order valence-corrected chi connectivity index (χ0v) is 10.9. The van der Waals surface area contributed by atoms with Gasteiger partial charge in [0, 0.05) is 17.3 Å². The Morgan fingerprint density at radius 3 is 2.47 bits per heavy atom. The van der Waals surface area contributed by atoms with E-state index in [0.717, 1.165) is 23.7 Å². The van der Waals surface area contributed by atoms with Crippen molar-refractivity contribution in [2.75, 3.05) is 5.32 Å². The molecule has 0 aliphatic carbocycles. The molecule has 3 rings (SSSR count). The minimum absolute atomic E-state index is 0.115. The first kappa shape index (κ1) is 12.2. The van der Waals surface area contributed by atoms with E-state index in [2.05, 4.69) is 24.4 Å². The number of anilines is 1. The normalized spacial score (nSPS) is 17.2. The van der Waals surface area contributed by atoms with E-state index in [1.54, 1.807) is 0 Å². The van der Waals surface area contributed by atoms with E-state index < -0.39 is 11.6 Å². The third-order valence-corrected chi connectivity index (χ3v) is 3.82. The van der Waals surface area contributed by atoms with Gasteiger partial charge in [-0.15, -0.1) is 0 Å². The largest absolute Gasteiger partial charge is 0.377 e. The minimum atomic E-state index is -0.538. The van der Waals surface area contributed by atoms with Crippen molar-refractivity contribution in [1.29, 1.82) is 0 Å². The second-order valence-corrected chi connectivity index (χ2v) is 5.12. The quantitative estimate of drug-likeness (QED) is 0.805. The monoisotopic (exact) mass is 259 g/mol. The zero-order chi connectivity index (χ0) is 13.6. The summed E-state index contributed by atoms with van der Waals surface area (Å²) in [5.41, 5.74) is 5.21. The van der Waals surface area contributed by atoms with Gasteiger partial charge in [0.25, 0.3) is 0 Å². The van der Waals surface area contributed by atoms with Gasteiger partial charge in [-0.2, -0.15) is 0 Å². The summed E-state index contributed by atoms with van der Waals surface area (Å²) >= 11 is 0. The molecule has 0 saturated heterocycles. The highest BCUT2D eigenvalue weighted by Crippen LogP contribution is 2.38. The Labute approximate surface area is 111 Å². The van der Waals surface area contributed by atoms with Gasteiger partial charge in [-0.3, -0.25) is 0 Å². The van der Waals surface area contributed by atoms with E-state index in [0.29, 0.717) is 5.56 Å². The maximum Gasteiger partial charge on any atom is 0.131 e. The third-order valence-electron chi connectivity index (χ3n) is 3.82. The number of aryl methyl sites for hydroxylation is 2. The minimum Gasteiger partial charge on any atom is -0.377 e. The molecule has 0 amide bonds. The fourth-order valence-electron chi connectivity index (χ4n) is 2.73. The molecule has 0 saturated carbocycles. The van der Waals surface area contributed by atoms with E-state index in [1.165, 1.54) is 23.3 Å². The Hall–Kier alpha value is -1.90. The summed E-state index contributed by atoms with van der Waals surface area (Å²) in [6.45, 7) is 4.10.